The molecule has 1 aromatic heterocycles. The average Bonchev–Trinajstić information content (AvgIpc) is 2.49. The van der Waals surface area contributed by atoms with Crippen LogP contribution in [0.5, 0.6) is 0 Å². The summed E-state index contributed by atoms with van der Waals surface area (Å²) in [6.45, 7) is 2.84. The summed E-state index contributed by atoms with van der Waals surface area (Å²) in [5.41, 5.74) is 1.06. The Balaban J connectivity index is 1.47. The number of alkyl halides is 3. The molecular weight excluding hydrogens is 319 g/mol. The molecule has 1 aromatic rings. The second-order valence-electron chi connectivity index (χ2n) is 6.65. The Kier molecular flexibility index (Phi) is 4.63. The zero-order chi connectivity index (χ0) is 17.3. The molecule has 0 radical (unpaired) electrons. The standard InChI is InChI=1S/C16H20F3N5/c1-10-6-13(9-20)23-15(21-10)22-12-7-14(8-12)24-4-2-11(3-5-24)16(17,18)19/h6,11-12,14H,2-5,7-8H2,1H3,(H,21,22,23). The number of rotatable bonds is 3. The van der Waals surface area contributed by atoms with E-state index in [1.54, 1.807) is 6.07 Å². The van der Waals surface area contributed by atoms with E-state index in [0.29, 0.717) is 30.8 Å². The summed E-state index contributed by atoms with van der Waals surface area (Å²) in [5, 5.41) is 12.1. The number of piperidine rings is 1. The normalized spacial score (nSPS) is 25.8. The summed E-state index contributed by atoms with van der Waals surface area (Å²) in [6, 6.07) is 4.17. The maximum absolute atomic E-state index is 12.7. The van der Waals surface area contributed by atoms with Crippen LogP contribution in [0.2, 0.25) is 0 Å². The van der Waals surface area contributed by atoms with Crippen molar-refractivity contribution in [1.82, 2.24) is 14.9 Å². The van der Waals surface area contributed by atoms with Gasteiger partial charge in [-0.25, -0.2) is 9.97 Å². The number of nitrogens with one attached hydrogen (secondary N) is 1. The molecule has 1 aliphatic heterocycles. The van der Waals surface area contributed by atoms with E-state index in [9.17, 15) is 13.2 Å². The third kappa shape index (κ3) is 3.78. The Morgan fingerprint density at radius 2 is 1.92 bits per heavy atom. The molecule has 3 rings (SSSR count). The van der Waals surface area contributed by atoms with Crippen molar-refractivity contribution in [3.05, 3.63) is 17.5 Å². The molecule has 0 bridgehead atoms. The van der Waals surface area contributed by atoms with Gasteiger partial charge in [-0.05, 0) is 51.8 Å². The lowest BCUT2D eigenvalue weighted by Gasteiger charge is -2.46. The lowest BCUT2D eigenvalue weighted by molar-refractivity contribution is -0.187. The van der Waals surface area contributed by atoms with Crippen molar-refractivity contribution >= 4 is 5.95 Å². The maximum atomic E-state index is 12.7. The first-order chi connectivity index (χ1) is 11.3. The minimum absolute atomic E-state index is 0.199. The van der Waals surface area contributed by atoms with Crippen LogP contribution in [0, 0.1) is 24.2 Å². The molecule has 0 unspecified atom stereocenters. The number of nitriles is 1. The summed E-state index contributed by atoms with van der Waals surface area (Å²) in [5.74, 6) is -0.696. The number of hydrogen-bond donors (Lipinski definition) is 1. The van der Waals surface area contributed by atoms with Crippen molar-refractivity contribution in [1.29, 1.82) is 5.26 Å². The monoisotopic (exact) mass is 339 g/mol. The van der Waals surface area contributed by atoms with Gasteiger partial charge in [0.25, 0.3) is 0 Å². The zero-order valence-electron chi connectivity index (χ0n) is 13.5. The molecule has 1 saturated carbocycles. The van der Waals surface area contributed by atoms with Crippen LogP contribution < -0.4 is 5.32 Å². The van der Waals surface area contributed by atoms with E-state index in [1.165, 1.54) is 0 Å². The molecule has 5 nitrogen and oxygen atoms in total. The van der Waals surface area contributed by atoms with E-state index in [2.05, 4.69) is 20.2 Å². The Morgan fingerprint density at radius 1 is 1.25 bits per heavy atom. The molecule has 1 saturated heterocycles. The fourth-order valence-electron chi connectivity index (χ4n) is 3.47. The number of likely N-dealkylation sites (tertiary alicyclic amines) is 1. The topological polar surface area (TPSA) is 64.8 Å². The van der Waals surface area contributed by atoms with E-state index < -0.39 is 12.1 Å². The Hall–Kier alpha value is -1.88. The highest BCUT2D eigenvalue weighted by Gasteiger charge is 2.43. The van der Waals surface area contributed by atoms with Gasteiger partial charge in [0.05, 0.1) is 5.92 Å². The number of anilines is 1. The van der Waals surface area contributed by atoms with Crippen molar-refractivity contribution in [3.8, 4) is 6.07 Å². The molecule has 0 amide bonds. The van der Waals surface area contributed by atoms with Gasteiger partial charge in [0.1, 0.15) is 11.8 Å². The van der Waals surface area contributed by atoms with Crippen LogP contribution >= 0.6 is 0 Å². The van der Waals surface area contributed by atoms with Crippen LogP contribution in [0.25, 0.3) is 0 Å². The number of aromatic nitrogens is 2. The molecule has 2 fully saturated rings. The van der Waals surface area contributed by atoms with Gasteiger partial charge in [0.15, 0.2) is 0 Å². The third-order valence-electron chi connectivity index (χ3n) is 4.92. The van der Waals surface area contributed by atoms with Crippen LogP contribution in [-0.4, -0.2) is 46.2 Å². The van der Waals surface area contributed by atoms with Gasteiger partial charge in [0.2, 0.25) is 5.95 Å². The van der Waals surface area contributed by atoms with Crippen molar-refractivity contribution in [2.45, 2.75) is 50.9 Å². The molecule has 1 aliphatic carbocycles. The fraction of sp³-hybridized carbons (Fsp3) is 0.688. The van der Waals surface area contributed by atoms with Gasteiger partial charge in [-0.1, -0.05) is 0 Å². The molecule has 2 aliphatic rings. The minimum atomic E-state index is -4.06. The summed E-state index contributed by atoms with van der Waals surface area (Å²) < 4.78 is 38.1. The van der Waals surface area contributed by atoms with Crippen LogP contribution in [0.1, 0.15) is 37.1 Å². The Labute approximate surface area is 138 Å². The van der Waals surface area contributed by atoms with E-state index in [0.717, 1.165) is 18.5 Å². The SMILES string of the molecule is Cc1cc(C#N)nc(NC2CC(N3CCC(C(F)(F)F)CC3)C2)n1. The smallest absolute Gasteiger partial charge is 0.351 e. The van der Waals surface area contributed by atoms with E-state index in [4.69, 9.17) is 5.26 Å². The van der Waals surface area contributed by atoms with Crippen molar-refractivity contribution in [2.24, 2.45) is 5.92 Å². The maximum Gasteiger partial charge on any atom is 0.391 e. The molecule has 1 N–H and O–H groups in total. The zero-order valence-corrected chi connectivity index (χ0v) is 13.5. The quantitative estimate of drug-likeness (QED) is 0.917. The first kappa shape index (κ1) is 17.0. The van der Waals surface area contributed by atoms with Gasteiger partial charge >= 0.3 is 6.18 Å². The predicted octanol–water partition coefficient (Wildman–Crippen LogP) is 2.87. The molecule has 8 heteroatoms. The lowest BCUT2D eigenvalue weighted by Crippen LogP contribution is -2.53. The van der Waals surface area contributed by atoms with Crippen LogP contribution in [-0.2, 0) is 0 Å². The lowest BCUT2D eigenvalue weighted by atomic mass is 9.83. The number of hydrogen-bond acceptors (Lipinski definition) is 5. The Morgan fingerprint density at radius 3 is 2.50 bits per heavy atom. The molecular formula is C16H20F3N5. The van der Waals surface area contributed by atoms with Gasteiger partial charge in [0, 0.05) is 17.8 Å². The third-order valence-corrected chi connectivity index (χ3v) is 4.92. The molecule has 2 heterocycles. The van der Waals surface area contributed by atoms with Crippen LogP contribution in [0.4, 0.5) is 19.1 Å². The van der Waals surface area contributed by atoms with Gasteiger partial charge in [-0.3, -0.25) is 0 Å². The second kappa shape index (κ2) is 6.55. The molecule has 130 valence electrons. The van der Waals surface area contributed by atoms with Crippen molar-refractivity contribution in [3.63, 3.8) is 0 Å². The summed E-state index contributed by atoms with van der Waals surface area (Å²) in [6.07, 6.45) is -1.92. The van der Waals surface area contributed by atoms with E-state index in [-0.39, 0.29) is 18.9 Å². The molecule has 24 heavy (non-hydrogen) atoms. The second-order valence-corrected chi connectivity index (χ2v) is 6.65. The molecule has 0 atom stereocenters. The van der Waals surface area contributed by atoms with E-state index >= 15 is 0 Å². The number of halogens is 3. The van der Waals surface area contributed by atoms with Gasteiger partial charge in [-0.15, -0.1) is 0 Å². The molecule has 0 spiro atoms. The molecule has 0 aromatic carbocycles. The Bertz CT molecular complexity index is 626. The first-order valence-corrected chi connectivity index (χ1v) is 8.18. The van der Waals surface area contributed by atoms with Crippen LogP contribution in [0.15, 0.2) is 6.07 Å². The summed E-state index contributed by atoms with van der Waals surface area (Å²) in [7, 11) is 0. The minimum Gasteiger partial charge on any atom is -0.351 e. The largest absolute Gasteiger partial charge is 0.391 e. The highest BCUT2D eigenvalue weighted by molar-refractivity contribution is 5.34. The van der Waals surface area contributed by atoms with Crippen LogP contribution in [0.3, 0.4) is 0 Å². The highest BCUT2D eigenvalue weighted by atomic mass is 19.4. The highest BCUT2D eigenvalue weighted by Crippen LogP contribution is 2.37. The van der Waals surface area contributed by atoms with Gasteiger partial charge < -0.3 is 10.2 Å². The van der Waals surface area contributed by atoms with E-state index in [1.807, 2.05) is 13.0 Å². The van der Waals surface area contributed by atoms with Gasteiger partial charge in [-0.2, -0.15) is 18.4 Å². The average molecular weight is 339 g/mol. The summed E-state index contributed by atoms with van der Waals surface area (Å²) >= 11 is 0. The fourth-order valence-corrected chi connectivity index (χ4v) is 3.47. The first-order valence-electron chi connectivity index (χ1n) is 8.18. The predicted molar refractivity (Wildman–Crippen MR) is 82.3 cm³/mol. The van der Waals surface area contributed by atoms with Crippen molar-refractivity contribution in [2.75, 3.05) is 18.4 Å². The summed E-state index contributed by atoms with van der Waals surface area (Å²) in [4.78, 5) is 10.6. The number of aryl methyl sites for hydroxylation is 1. The van der Waals surface area contributed by atoms with Crippen molar-refractivity contribution < 1.29 is 13.2 Å². The number of nitrogens with zero attached hydrogens (tertiary/aromatic N) is 4.